The van der Waals surface area contributed by atoms with Crippen molar-refractivity contribution in [2.45, 2.75) is 49.8 Å². The maximum Gasteiger partial charge on any atom is 0.272 e. The molecule has 0 spiro atoms. The summed E-state index contributed by atoms with van der Waals surface area (Å²) in [5, 5.41) is 5.51. The van der Waals surface area contributed by atoms with Crippen LogP contribution in [0, 0.1) is 0 Å². The molecular formula is C19H21N3O3S2. The van der Waals surface area contributed by atoms with Crippen LogP contribution in [-0.4, -0.2) is 27.3 Å². The predicted molar refractivity (Wildman–Crippen MR) is 107 cm³/mol. The molecule has 0 atom stereocenters. The first-order chi connectivity index (χ1) is 13.2. The van der Waals surface area contributed by atoms with Gasteiger partial charge in [-0.05, 0) is 36.4 Å². The summed E-state index contributed by atoms with van der Waals surface area (Å²) in [6.07, 6.45) is 7.30. The lowest BCUT2D eigenvalue weighted by Crippen LogP contribution is -2.37. The van der Waals surface area contributed by atoms with Crippen molar-refractivity contribution in [2.24, 2.45) is 0 Å². The highest BCUT2D eigenvalue weighted by Crippen LogP contribution is 2.22. The average molecular weight is 404 g/mol. The second kappa shape index (κ2) is 8.31. The van der Waals surface area contributed by atoms with Crippen LogP contribution in [-0.2, 0) is 11.3 Å². The molecule has 0 aromatic carbocycles. The van der Waals surface area contributed by atoms with Gasteiger partial charge in [-0.15, -0.1) is 11.3 Å². The van der Waals surface area contributed by atoms with E-state index in [9.17, 15) is 9.59 Å². The summed E-state index contributed by atoms with van der Waals surface area (Å²) in [6, 6.07) is 5.74. The molecule has 8 heteroatoms. The first-order valence-corrected chi connectivity index (χ1v) is 11.0. The molecule has 0 aliphatic heterocycles. The summed E-state index contributed by atoms with van der Waals surface area (Å²) in [7, 11) is 0. The Balaban J connectivity index is 1.52. The van der Waals surface area contributed by atoms with Crippen LogP contribution < -0.4 is 10.9 Å². The van der Waals surface area contributed by atoms with Crippen molar-refractivity contribution in [2.75, 3.05) is 5.75 Å². The van der Waals surface area contributed by atoms with Gasteiger partial charge in [0.25, 0.3) is 5.56 Å². The minimum atomic E-state index is -0.0958. The predicted octanol–water partition coefficient (Wildman–Crippen LogP) is 3.64. The summed E-state index contributed by atoms with van der Waals surface area (Å²) in [4.78, 5) is 29.8. The van der Waals surface area contributed by atoms with E-state index in [0.717, 1.165) is 12.8 Å². The van der Waals surface area contributed by atoms with Crippen LogP contribution in [0.15, 0.2) is 44.2 Å². The van der Waals surface area contributed by atoms with Gasteiger partial charge in [0.2, 0.25) is 5.91 Å². The number of hydrogen-bond acceptors (Lipinski definition) is 6. The Kier molecular flexibility index (Phi) is 5.63. The molecule has 1 amide bonds. The van der Waals surface area contributed by atoms with Crippen LogP contribution in [0.2, 0.25) is 0 Å². The second-order valence-electron chi connectivity index (χ2n) is 6.69. The van der Waals surface area contributed by atoms with Crippen LogP contribution in [0.25, 0.3) is 10.2 Å². The van der Waals surface area contributed by atoms with Crippen molar-refractivity contribution in [1.29, 1.82) is 0 Å². The first kappa shape index (κ1) is 18.3. The van der Waals surface area contributed by atoms with Gasteiger partial charge in [-0.25, -0.2) is 4.98 Å². The molecule has 1 N–H and O–H groups in total. The number of fused-ring (bicyclic) bond motifs is 1. The van der Waals surface area contributed by atoms with E-state index in [1.807, 2.05) is 17.5 Å². The van der Waals surface area contributed by atoms with Gasteiger partial charge in [0.1, 0.15) is 10.5 Å². The Morgan fingerprint density at radius 1 is 1.33 bits per heavy atom. The molecule has 0 saturated heterocycles. The summed E-state index contributed by atoms with van der Waals surface area (Å²) < 4.78 is 7.61. The maximum atomic E-state index is 12.9. The third-order valence-electron chi connectivity index (χ3n) is 4.73. The highest BCUT2D eigenvalue weighted by molar-refractivity contribution is 7.99. The fourth-order valence-electron chi connectivity index (χ4n) is 3.38. The first-order valence-electron chi connectivity index (χ1n) is 9.13. The topological polar surface area (TPSA) is 77.1 Å². The fraction of sp³-hybridized carbons (Fsp3) is 0.421. The van der Waals surface area contributed by atoms with E-state index in [1.165, 1.54) is 42.4 Å². The average Bonchev–Trinajstić information content (AvgIpc) is 3.35. The van der Waals surface area contributed by atoms with E-state index in [-0.39, 0.29) is 23.3 Å². The molecule has 4 rings (SSSR count). The number of thioether (sulfide) groups is 1. The van der Waals surface area contributed by atoms with Crippen molar-refractivity contribution >= 4 is 39.2 Å². The monoisotopic (exact) mass is 403 g/mol. The van der Waals surface area contributed by atoms with E-state index in [0.29, 0.717) is 27.7 Å². The van der Waals surface area contributed by atoms with Gasteiger partial charge in [0, 0.05) is 6.04 Å². The van der Waals surface area contributed by atoms with Gasteiger partial charge < -0.3 is 9.73 Å². The second-order valence-corrected chi connectivity index (χ2v) is 8.55. The van der Waals surface area contributed by atoms with Gasteiger partial charge in [0.15, 0.2) is 5.16 Å². The minimum Gasteiger partial charge on any atom is -0.467 e. The van der Waals surface area contributed by atoms with Crippen LogP contribution in [0.4, 0.5) is 0 Å². The van der Waals surface area contributed by atoms with E-state index in [2.05, 4.69) is 10.3 Å². The summed E-state index contributed by atoms with van der Waals surface area (Å²) in [6.45, 7) is 0.305. The minimum absolute atomic E-state index is 0.00360. The molecule has 6 nitrogen and oxygen atoms in total. The van der Waals surface area contributed by atoms with Gasteiger partial charge in [-0.1, -0.05) is 31.0 Å². The molecule has 3 aromatic rings. The molecule has 142 valence electrons. The number of nitrogens with zero attached hydrogens (tertiary/aromatic N) is 2. The number of carbonyl (C=O) groups excluding carboxylic acids is 1. The number of rotatable bonds is 6. The van der Waals surface area contributed by atoms with Gasteiger partial charge in [0.05, 0.1) is 24.1 Å². The lowest BCUT2D eigenvalue weighted by atomic mass is 9.95. The Bertz CT molecular complexity index is 972. The van der Waals surface area contributed by atoms with Crippen LogP contribution in [0.5, 0.6) is 0 Å². The lowest BCUT2D eigenvalue weighted by Gasteiger charge is -2.22. The lowest BCUT2D eigenvalue weighted by molar-refractivity contribution is -0.119. The number of nitrogens with one attached hydrogen (secondary N) is 1. The number of carbonyl (C=O) groups is 1. The molecule has 1 saturated carbocycles. The van der Waals surface area contributed by atoms with E-state index in [1.54, 1.807) is 16.9 Å². The summed E-state index contributed by atoms with van der Waals surface area (Å²) in [5.41, 5.74) is 0.581. The largest absolute Gasteiger partial charge is 0.467 e. The third-order valence-corrected chi connectivity index (χ3v) is 6.60. The number of thiophene rings is 1. The van der Waals surface area contributed by atoms with Crippen LogP contribution in [0.3, 0.4) is 0 Å². The van der Waals surface area contributed by atoms with Crippen molar-refractivity contribution in [3.63, 3.8) is 0 Å². The Morgan fingerprint density at radius 3 is 2.96 bits per heavy atom. The Labute approximate surface area is 165 Å². The van der Waals surface area contributed by atoms with Gasteiger partial charge >= 0.3 is 0 Å². The molecule has 27 heavy (non-hydrogen) atoms. The standard InChI is InChI=1S/C19H21N3O3S2/c23-16(20-13-5-2-1-3-6-13)12-27-19-21-15-8-10-26-17(15)18(24)22(19)11-14-7-4-9-25-14/h4,7-10,13H,1-3,5-6,11-12H2,(H,20,23). The van der Waals surface area contributed by atoms with Crippen molar-refractivity contribution in [3.8, 4) is 0 Å². The smallest absolute Gasteiger partial charge is 0.272 e. The molecule has 1 aliphatic carbocycles. The van der Waals surface area contributed by atoms with Crippen molar-refractivity contribution in [3.05, 3.63) is 46.0 Å². The highest BCUT2D eigenvalue weighted by Gasteiger charge is 2.18. The zero-order valence-electron chi connectivity index (χ0n) is 14.8. The quantitative estimate of drug-likeness (QED) is 0.502. The SMILES string of the molecule is O=C(CSc1nc2ccsc2c(=O)n1Cc1ccco1)NC1CCCCC1. The normalized spacial score (nSPS) is 15.3. The molecule has 1 aliphatic rings. The number of hydrogen-bond donors (Lipinski definition) is 1. The van der Waals surface area contributed by atoms with Gasteiger partial charge in [-0.2, -0.15) is 0 Å². The molecule has 3 heterocycles. The van der Waals surface area contributed by atoms with E-state index in [4.69, 9.17) is 4.42 Å². The van der Waals surface area contributed by atoms with Crippen molar-refractivity contribution < 1.29 is 9.21 Å². The summed E-state index contributed by atoms with van der Waals surface area (Å²) in [5.74, 6) is 0.927. The van der Waals surface area contributed by atoms with E-state index >= 15 is 0 Å². The molecule has 0 radical (unpaired) electrons. The Hall–Kier alpha value is -2.06. The summed E-state index contributed by atoms with van der Waals surface area (Å²) >= 11 is 2.68. The number of aromatic nitrogens is 2. The molecule has 3 aromatic heterocycles. The highest BCUT2D eigenvalue weighted by atomic mass is 32.2. The molecule has 1 fully saturated rings. The molecular weight excluding hydrogens is 382 g/mol. The third kappa shape index (κ3) is 4.27. The zero-order valence-corrected chi connectivity index (χ0v) is 16.5. The van der Waals surface area contributed by atoms with Gasteiger partial charge in [-0.3, -0.25) is 14.2 Å². The molecule has 0 bridgehead atoms. The van der Waals surface area contributed by atoms with Crippen molar-refractivity contribution in [1.82, 2.24) is 14.9 Å². The number of furan rings is 1. The fourth-order valence-corrected chi connectivity index (χ4v) is 4.97. The maximum absolute atomic E-state index is 12.9. The van der Waals surface area contributed by atoms with Crippen LogP contribution in [0.1, 0.15) is 37.9 Å². The van der Waals surface area contributed by atoms with Crippen LogP contribution >= 0.6 is 23.1 Å². The zero-order chi connectivity index (χ0) is 18.6. The molecule has 0 unspecified atom stereocenters. The van der Waals surface area contributed by atoms with E-state index < -0.39 is 0 Å². The Morgan fingerprint density at radius 2 is 2.19 bits per heavy atom. The number of amides is 1.